The summed E-state index contributed by atoms with van der Waals surface area (Å²) in [5, 5.41) is 30.3. The fourth-order valence-corrected chi connectivity index (χ4v) is 1.63. The Hall–Kier alpha value is -3.31. The molecule has 0 saturated heterocycles. The number of hydrogen-bond donors (Lipinski definition) is 3. The fraction of sp³-hybridized carbons (Fsp3) is 0.389. The minimum atomic E-state index is -1.26. The van der Waals surface area contributed by atoms with Crippen LogP contribution in [0.3, 0.4) is 0 Å². The molecular weight excluding hydrogens is 386 g/mol. The number of rotatable bonds is 11. The first-order chi connectivity index (χ1) is 13.7. The van der Waals surface area contributed by atoms with E-state index in [9.17, 15) is 19.7 Å². The molecule has 4 N–H and O–H groups in total. The summed E-state index contributed by atoms with van der Waals surface area (Å²) >= 11 is 0. The number of carboxylic acid groups (broad SMARTS) is 2. The van der Waals surface area contributed by atoms with E-state index in [4.69, 9.17) is 25.5 Å². The van der Waals surface area contributed by atoms with Crippen LogP contribution in [0.4, 0.5) is 5.69 Å². The Balaban J connectivity index is 0.000000828. The molecule has 0 heterocycles. The first-order valence-corrected chi connectivity index (χ1v) is 8.58. The van der Waals surface area contributed by atoms with Crippen molar-refractivity contribution >= 4 is 23.3 Å². The lowest BCUT2D eigenvalue weighted by atomic mass is 10.1. The quantitative estimate of drug-likeness (QED) is 0.161. The van der Waals surface area contributed by atoms with Crippen molar-refractivity contribution in [3.63, 3.8) is 0 Å². The summed E-state index contributed by atoms with van der Waals surface area (Å²) in [6.45, 7) is 5.01. The van der Waals surface area contributed by atoms with E-state index < -0.39 is 16.9 Å². The summed E-state index contributed by atoms with van der Waals surface area (Å²) in [6, 6.07) is 5.98. The molecule has 0 amide bonds. The topological polar surface area (TPSA) is 175 Å². The van der Waals surface area contributed by atoms with Gasteiger partial charge in [-0.15, -0.1) is 0 Å². The lowest BCUT2D eigenvalue weighted by Crippen LogP contribution is -2.21. The third-order valence-corrected chi connectivity index (χ3v) is 2.88. The van der Waals surface area contributed by atoms with E-state index in [0.29, 0.717) is 31.1 Å². The third-order valence-electron chi connectivity index (χ3n) is 2.88. The van der Waals surface area contributed by atoms with Crippen molar-refractivity contribution in [3.8, 4) is 0 Å². The van der Waals surface area contributed by atoms with Crippen molar-refractivity contribution < 1.29 is 34.3 Å². The van der Waals surface area contributed by atoms with Crippen LogP contribution in [-0.2, 0) is 19.2 Å². The fourth-order valence-electron chi connectivity index (χ4n) is 1.63. The largest absolute Gasteiger partial charge is 0.478 e. The van der Waals surface area contributed by atoms with Gasteiger partial charge in [-0.05, 0) is 25.5 Å². The molecular formula is C18H25N3O8. The molecule has 0 aromatic heterocycles. The van der Waals surface area contributed by atoms with E-state index >= 15 is 0 Å². The Kier molecular flexibility index (Phi) is 13.0. The zero-order valence-corrected chi connectivity index (χ0v) is 16.2. The second-order valence-electron chi connectivity index (χ2n) is 5.68. The van der Waals surface area contributed by atoms with Crippen molar-refractivity contribution in [2.24, 2.45) is 10.9 Å². The lowest BCUT2D eigenvalue weighted by Gasteiger charge is -2.09. The normalized spacial score (nSPS) is 12.0. The van der Waals surface area contributed by atoms with Gasteiger partial charge in [0.05, 0.1) is 11.5 Å². The van der Waals surface area contributed by atoms with Crippen molar-refractivity contribution in [2.45, 2.75) is 26.3 Å². The highest BCUT2D eigenvalue weighted by Crippen LogP contribution is 2.13. The first kappa shape index (κ1) is 25.7. The number of non-ortho nitro benzene ring substituents is 1. The number of nitro benzene ring substituents is 1. The minimum Gasteiger partial charge on any atom is -0.478 e. The Morgan fingerprint density at radius 1 is 1.24 bits per heavy atom. The smallest absolute Gasteiger partial charge is 0.328 e. The van der Waals surface area contributed by atoms with Gasteiger partial charge in [-0.2, -0.15) is 0 Å². The Bertz CT molecular complexity index is 698. The molecule has 0 spiro atoms. The lowest BCUT2D eigenvalue weighted by molar-refractivity contribution is -0.384. The molecule has 1 aromatic rings. The van der Waals surface area contributed by atoms with Crippen molar-refractivity contribution in [3.05, 3.63) is 52.1 Å². The number of nitrogens with zero attached hydrogens (tertiary/aromatic N) is 2. The molecule has 11 heteroatoms. The van der Waals surface area contributed by atoms with Gasteiger partial charge in [0.2, 0.25) is 0 Å². The van der Waals surface area contributed by atoms with Gasteiger partial charge >= 0.3 is 11.9 Å². The molecule has 11 nitrogen and oxygen atoms in total. The average Bonchev–Trinajstić information content (AvgIpc) is 2.65. The minimum absolute atomic E-state index is 0.0316. The predicted molar refractivity (Wildman–Crippen MR) is 105 cm³/mol. The van der Waals surface area contributed by atoms with Crippen LogP contribution in [0.1, 0.15) is 25.8 Å². The number of hydrogen-bond acceptors (Lipinski definition) is 8. The van der Waals surface area contributed by atoms with Crippen molar-refractivity contribution in [2.75, 3.05) is 19.8 Å². The van der Waals surface area contributed by atoms with Crippen LogP contribution in [0.25, 0.3) is 0 Å². The highest BCUT2D eigenvalue weighted by Gasteiger charge is 2.09. The van der Waals surface area contributed by atoms with Crippen LogP contribution in [-0.4, -0.2) is 58.6 Å². The maximum atomic E-state index is 10.7. The van der Waals surface area contributed by atoms with Gasteiger partial charge in [-0.25, -0.2) is 9.59 Å². The summed E-state index contributed by atoms with van der Waals surface area (Å²) in [5.74, 6) is -2.51. The maximum absolute atomic E-state index is 10.7. The Morgan fingerprint density at radius 2 is 1.79 bits per heavy atom. The molecule has 29 heavy (non-hydrogen) atoms. The van der Waals surface area contributed by atoms with E-state index in [1.165, 1.54) is 12.1 Å². The van der Waals surface area contributed by atoms with Gasteiger partial charge in [0, 0.05) is 42.5 Å². The van der Waals surface area contributed by atoms with Gasteiger partial charge in [0.15, 0.2) is 0 Å². The van der Waals surface area contributed by atoms with Gasteiger partial charge in [0.1, 0.15) is 12.3 Å². The van der Waals surface area contributed by atoms with Crippen molar-refractivity contribution in [1.82, 2.24) is 0 Å². The number of nitro groups is 1. The molecule has 1 atom stereocenters. The van der Waals surface area contributed by atoms with Crippen LogP contribution >= 0.6 is 0 Å². The zero-order chi connectivity index (χ0) is 22.2. The van der Waals surface area contributed by atoms with Gasteiger partial charge in [0.25, 0.3) is 5.69 Å². The van der Waals surface area contributed by atoms with E-state index in [0.717, 1.165) is 12.0 Å². The van der Waals surface area contributed by atoms with Gasteiger partial charge < -0.3 is 25.5 Å². The Morgan fingerprint density at radius 3 is 2.21 bits per heavy atom. The van der Waals surface area contributed by atoms with Gasteiger partial charge in [-0.1, -0.05) is 12.1 Å². The first-order valence-electron chi connectivity index (χ1n) is 8.58. The number of nitrogens with two attached hydrogens (primary N) is 1. The predicted octanol–water partition coefficient (Wildman–Crippen LogP) is 1.80. The SMILES string of the molecule is CCCOCC(=NOCC(C)N)c1ccc([N+](=O)[O-])cc1.O=C(O)/C=C/C(=O)O. The molecule has 0 aliphatic carbocycles. The highest BCUT2D eigenvalue weighted by atomic mass is 16.6. The van der Waals surface area contributed by atoms with Crippen LogP contribution in [0, 0.1) is 10.1 Å². The molecule has 0 aliphatic heterocycles. The summed E-state index contributed by atoms with van der Waals surface area (Å²) < 4.78 is 5.46. The number of aliphatic carboxylic acids is 2. The maximum Gasteiger partial charge on any atom is 0.328 e. The molecule has 0 aliphatic rings. The average molecular weight is 411 g/mol. The molecule has 0 radical (unpaired) electrons. The van der Waals surface area contributed by atoms with Gasteiger partial charge in [-0.3, -0.25) is 10.1 Å². The van der Waals surface area contributed by atoms with E-state index in [2.05, 4.69) is 5.16 Å². The molecule has 0 saturated carbocycles. The highest BCUT2D eigenvalue weighted by molar-refractivity contribution is 6.01. The number of carboxylic acids is 2. The van der Waals surface area contributed by atoms with Crippen LogP contribution in [0.5, 0.6) is 0 Å². The molecule has 0 bridgehead atoms. The molecule has 1 aromatic carbocycles. The second kappa shape index (κ2) is 14.7. The molecule has 0 fully saturated rings. The monoisotopic (exact) mass is 411 g/mol. The standard InChI is InChI=1S/C14H21N3O4.C4H4O4/c1-3-8-20-10-14(16-21-9-11(2)15)12-4-6-13(7-5-12)17(18)19;5-3(6)1-2-4(7)8/h4-7,11H,3,8-10,15H2,1-2H3;1-2H,(H,5,6)(H,7,8)/b;2-1+. The van der Waals surface area contributed by atoms with Crippen molar-refractivity contribution in [1.29, 1.82) is 0 Å². The summed E-state index contributed by atoms with van der Waals surface area (Å²) in [7, 11) is 0. The number of benzene rings is 1. The summed E-state index contributed by atoms with van der Waals surface area (Å²) in [4.78, 5) is 34.5. The van der Waals surface area contributed by atoms with Crippen LogP contribution in [0.2, 0.25) is 0 Å². The van der Waals surface area contributed by atoms with E-state index in [-0.39, 0.29) is 18.3 Å². The third kappa shape index (κ3) is 13.5. The van der Waals surface area contributed by atoms with Crippen LogP contribution < -0.4 is 5.73 Å². The van der Waals surface area contributed by atoms with E-state index in [1.54, 1.807) is 12.1 Å². The second-order valence-corrected chi connectivity index (χ2v) is 5.68. The zero-order valence-electron chi connectivity index (χ0n) is 16.2. The Labute approximate surface area is 167 Å². The number of carbonyl (C=O) groups is 2. The van der Waals surface area contributed by atoms with Crippen LogP contribution in [0.15, 0.2) is 41.6 Å². The molecule has 1 unspecified atom stereocenters. The summed E-state index contributed by atoms with van der Waals surface area (Å²) in [6.07, 6.45) is 2.01. The number of oxime groups is 1. The molecule has 160 valence electrons. The number of ether oxygens (including phenoxy) is 1. The summed E-state index contributed by atoms with van der Waals surface area (Å²) in [5.41, 5.74) is 6.93. The molecule has 1 rings (SSSR count). The van der Waals surface area contributed by atoms with E-state index in [1.807, 2.05) is 13.8 Å².